The highest BCUT2D eigenvalue weighted by Gasteiger charge is 2.21. The monoisotopic (exact) mass is 617 g/mol. The quantitative estimate of drug-likeness (QED) is 0.254. The molecule has 0 radical (unpaired) electrons. The number of hydrazone groups is 1. The molecule has 11 heteroatoms. The third-order valence-corrected chi connectivity index (χ3v) is 7.30. The van der Waals surface area contributed by atoms with Gasteiger partial charge in [-0.15, -0.1) is 0 Å². The van der Waals surface area contributed by atoms with Gasteiger partial charge >= 0.3 is 0 Å². The van der Waals surface area contributed by atoms with E-state index in [2.05, 4.69) is 62.2 Å². The maximum atomic E-state index is 13.9. The van der Waals surface area contributed by atoms with Crippen molar-refractivity contribution in [2.45, 2.75) is 32.3 Å². The second kappa shape index (κ2) is 11.5. The molecule has 2 saturated heterocycles. The summed E-state index contributed by atoms with van der Waals surface area (Å²) in [5.74, 6) is 2.12. The van der Waals surface area contributed by atoms with Gasteiger partial charge in [0.15, 0.2) is 0 Å². The molecule has 3 heterocycles. The first-order valence-corrected chi connectivity index (χ1v) is 13.6. The van der Waals surface area contributed by atoms with Crippen LogP contribution in [0.3, 0.4) is 0 Å². The smallest absolute Gasteiger partial charge is 0.250 e. The standard InChI is InChI=1S/C25H26Br2FN7O/c26-19-13-17(14-20(27)22(19)36-16-18-7-1-2-8-21(18)28)15-29-33-23-30-24(34-9-3-4-10-34)32-25(31-23)35-11-5-6-12-35/h1-2,7-8,13-15H,3-6,9-12,16H2,(H,30,31,32,33)/b29-15-. The van der Waals surface area contributed by atoms with E-state index in [0.29, 0.717) is 29.2 Å². The fourth-order valence-electron chi connectivity index (χ4n) is 4.24. The molecule has 5 rings (SSSR count). The molecule has 3 aromatic rings. The Bertz CT molecular complexity index is 1190. The van der Waals surface area contributed by atoms with Crippen molar-refractivity contribution >= 4 is 55.9 Å². The third-order valence-electron chi connectivity index (χ3n) is 6.12. The van der Waals surface area contributed by atoms with Gasteiger partial charge in [-0.2, -0.15) is 20.1 Å². The summed E-state index contributed by atoms with van der Waals surface area (Å²) in [6.45, 7) is 3.95. The molecule has 1 aromatic heterocycles. The zero-order chi connectivity index (χ0) is 24.9. The molecule has 2 fully saturated rings. The van der Waals surface area contributed by atoms with Gasteiger partial charge in [-0.05, 0) is 81.3 Å². The zero-order valence-electron chi connectivity index (χ0n) is 19.6. The van der Waals surface area contributed by atoms with Crippen LogP contribution < -0.4 is 20.0 Å². The second-order valence-electron chi connectivity index (χ2n) is 8.71. The maximum Gasteiger partial charge on any atom is 0.250 e. The number of hydrogen-bond acceptors (Lipinski definition) is 8. The van der Waals surface area contributed by atoms with Crippen LogP contribution in [0, 0.1) is 5.82 Å². The number of rotatable bonds is 8. The van der Waals surface area contributed by atoms with Crippen molar-refractivity contribution in [3.05, 3.63) is 62.3 Å². The molecule has 1 N–H and O–H groups in total. The van der Waals surface area contributed by atoms with Gasteiger partial charge in [-0.1, -0.05) is 18.2 Å². The minimum absolute atomic E-state index is 0.122. The lowest BCUT2D eigenvalue weighted by Gasteiger charge is -2.20. The predicted octanol–water partition coefficient (Wildman–Crippen LogP) is 5.76. The lowest BCUT2D eigenvalue weighted by Crippen LogP contribution is -2.25. The Balaban J connectivity index is 1.29. The normalized spacial score (nSPS) is 15.8. The van der Waals surface area contributed by atoms with Gasteiger partial charge in [0, 0.05) is 31.7 Å². The average molecular weight is 619 g/mol. The number of benzene rings is 2. The minimum Gasteiger partial charge on any atom is -0.486 e. The summed E-state index contributed by atoms with van der Waals surface area (Å²) >= 11 is 7.09. The summed E-state index contributed by atoms with van der Waals surface area (Å²) in [4.78, 5) is 18.3. The molecule has 2 aromatic carbocycles. The predicted molar refractivity (Wildman–Crippen MR) is 147 cm³/mol. The number of aromatic nitrogens is 3. The Morgan fingerprint density at radius 2 is 1.50 bits per heavy atom. The van der Waals surface area contributed by atoms with Crippen molar-refractivity contribution in [2.24, 2.45) is 5.10 Å². The lowest BCUT2D eigenvalue weighted by atomic mass is 10.2. The number of halogens is 3. The van der Waals surface area contributed by atoms with Crippen LogP contribution in [0.5, 0.6) is 5.75 Å². The largest absolute Gasteiger partial charge is 0.486 e. The molecule has 0 atom stereocenters. The summed E-state index contributed by atoms with van der Waals surface area (Å²) in [6.07, 6.45) is 6.28. The highest BCUT2D eigenvalue weighted by molar-refractivity contribution is 9.11. The van der Waals surface area contributed by atoms with Crippen LogP contribution in [0.4, 0.5) is 22.2 Å². The first-order valence-electron chi connectivity index (χ1n) is 12.0. The van der Waals surface area contributed by atoms with Crippen LogP contribution in [0.2, 0.25) is 0 Å². The molecule has 188 valence electrons. The summed E-state index contributed by atoms with van der Waals surface area (Å²) in [5.41, 5.74) is 4.30. The summed E-state index contributed by atoms with van der Waals surface area (Å²) < 4.78 is 21.2. The number of nitrogens with one attached hydrogen (secondary N) is 1. The van der Waals surface area contributed by atoms with E-state index in [9.17, 15) is 4.39 Å². The fraction of sp³-hybridized carbons (Fsp3) is 0.360. The van der Waals surface area contributed by atoms with Crippen molar-refractivity contribution in [3.8, 4) is 5.75 Å². The number of hydrogen-bond donors (Lipinski definition) is 1. The molecule has 0 unspecified atom stereocenters. The van der Waals surface area contributed by atoms with E-state index in [-0.39, 0.29) is 12.4 Å². The maximum absolute atomic E-state index is 13.9. The number of nitrogens with zero attached hydrogens (tertiary/aromatic N) is 6. The van der Waals surface area contributed by atoms with Crippen LogP contribution in [0.25, 0.3) is 0 Å². The molecule has 0 amide bonds. The molecule has 36 heavy (non-hydrogen) atoms. The summed E-state index contributed by atoms with van der Waals surface area (Å²) in [6, 6.07) is 10.3. The van der Waals surface area contributed by atoms with Crippen molar-refractivity contribution in [2.75, 3.05) is 41.4 Å². The van der Waals surface area contributed by atoms with Crippen LogP contribution in [0.1, 0.15) is 36.8 Å². The molecule has 2 aliphatic heterocycles. The van der Waals surface area contributed by atoms with Crippen molar-refractivity contribution in [1.29, 1.82) is 0 Å². The van der Waals surface area contributed by atoms with Crippen LogP contribution >= 0.6 is 31.9 Å². The van der Waals surface area contributed by atoms with E-state index in [1.807, 2.05) is 12.1 Å². The van der Waals surface area contributed by atoms with Gasteiger partial charge in [0.05, 0.1) is 15.2 Å². The highest BCUT2D eigenvalue weighted by atomic mass is 79.9. The van der Waals surface area contributed by atoms with E-state index < -0.39 is 0 Å². The molecule has 0 spiro atoms. The minimum atomic E-state index is -0.293. The molecule has 0 aliphatic carbocycles. The Hall–Kier alpha value is -2.79. The van der Waals surface area contributed by atoms with Crippen molar-refractivity contribution < 1.29 is 9.13 Å². The SMILES string of the molecule is Fc1ccccc1COc1c(Br)cc(/C=N\Nc2nc(N3CCCC3)nc(N3CCCC3)n2)cc1Br. The molecule has 0 bridgehead atoms. The first-order chi connectivity index (χ1) is 17.6. The second-order valence-corrected chi connectivity index (χ2v) is 10.4. The molecular weight excluding hydrogens is 593 g/mol. The Morgan fingerprint density at radius 3 is 2.08 bits per heavy atom. The van der Waals surface area contributed by atoms with Gasteiger partial charge in [0.2, 0.25) is 17.8 Å². The molecule has 8 nitrogen and oxygen atoms in total. The third kappa shape index (κ3) is 5.95. The van der Waals surface area contributed by atoms with Gasteiger partial charge < -0.3 is 14.5 Å². The summed E-state index contributed by atoms with van der Waals surface area (Å²) in [7, 11) is 0. The Kier molecular flexibility index (Phi) is 7.96. The Morgan fingerprint density at radius 1 is 0.917 bits per heavy atom. The molecule has 2 aliphatic rings. The Labute approximate surface area is 226 Å². The van der Waals surface area contributed by atoms with E-state index in [1.165, 1.54) is 6.07 Å². The van der Waals surface area contributed by atoms with Crippen molar-refractivity contribution in [1.82, 2.24) is 15.0 Å². The van der Waals surface area contributed by atoms with Crippen LogP contribution in [0.15, 0.2) is 50.4 Å². The van der Waals surface area contributed by atoms with E-state index >= 15 is 0 Å². The van der Waals surface area contributed by atoms with E-state index in [1.54, 1.807) is 24.4 Å². The van der Waals surface area contributed by atoms with Crippen LogP contribution in [-0.2, 0) is 6.61 Å². The van der Waals surface area contributed by atoms with Crippen LogP contribution in [-0.4, -0.2) is 47.3 Å². The fourth-order valence-corrected chi connectivity index (χ4v) is 5.69. The lowest BCUT2D eigenvalue weighted by molar-refractivity contribution is 0.296. The van der Waals surface area contributed by atoms with E-state index in [0.717, 1.165) is 66.4 Å². The first kappa shape index (κ1) is 24.9. The summed E-state index contributed by atoms with van der Waals surface area (Å²) in [5, 5.41) is 4.37. The van der Waals surface area contributed by atoms with Gasteiger partial charge in [0.1, 0.15) is 18.2 Å². The molecular formula is C25H26Br2FN7O. The molecule has 0 saturated carbocycles. The number of ether oxygens (including phenoxy) is 1. The van der Waals surface area contributed by atoms with Gasteiger partial charge in [0.25, 0.3) is 0 Å². The van der Waals surface area contributed by atoms with Gasteiger partial charge in [-0.3, -0.25) is 0 Å². The van der Waals surface area contributed by atoms with Gasteiger partial charge in [-0.25, -0.2) is 9.82 Å². The average Bonchev–Trinajstić information content (AvgIpc) is 3.59. The topological polar surface area (TPSA) is 78.8 Å². The van der Waals surface area contributed by atoms with E-state index in [4.69, 9.17) is 9.72 Å². The van der Waals surface area contributed by atoms with Crippen molar-refractivity contribution in [3.63, 3.8) is 0 Å². The highest BCUT2D eigenvalue weighted by Crippen LogP contribution is 2.35. The number of anilines is 3. The zero-order valence-corrected chi connectivity index (χ0v) is 22.8.